The van der Waals surface area contributed by atoms with Crippen LogP contribution in [0, 0.1) is 0 Å². The van der Waals surface area contributed by atoms with Crippen molar-refractivity contribution in [2.45, 2.75) is 43.4 Å². The number of carbonyl (C=O) groups is 2. The van der Waals surface area contributed by atoms with Crippen molar-refractivity contribution in [1.29, 1.82) is 0 Å². The van der Waals surface area contributed by atoms with Gasteiger partial charge >= 0.3 is 5.97 Å². The van der Waals surface area contributed by atoms with E-state index < -0.39 is 22.8 Å². The summed E-state index contributed by atoms with van der Waals surface area (Å²) >= 11 is 11.2. The van der Waals surface area contributed by atoms with Crippen molar-refractivity contribution in [3.05, 3.63) is 102 Å². The second kappa shape index (κ2) is 13.0. The molecule has 1 amide bonds. The van der Waals surface area contributed by atoms with E-state index in [-0.39, 0.29) is 6.04 Å². The summed E-state index contributed by atoms with van der Waals surface area (Å²) in [7, 11) is 0. The van der Waals surface area contributed by atoms with Crippen LogP contribution < -0.4 is 10.1 Å². The lowest BCUT2D eigenvalue weighted by Gasteiger charge is -2.21. The van der Waals surface area contributed by atoms with Crippen LogP contribution >= 0.6 is 23.2 Å². The summed E-state index contributed by atoms with van der Waals surface area (Å²) in [4.78, 5) is 23.4. The van der Waals surface area contributed by atoms with Gasteiger partial charge in [-0.05, 0) is 43.0 Å². The third-order valence-electron chi connectivity index (χ3n) is 5.18. The largest absolute Gasteiger partial charge is 0.489 e. The Morgan fingerprint density at radius 3 is 2.09 bits per heavy atom. The summed E-state index contributed by atoms with van der Waals surface area (Å²) in [5, 5.41) is 2.92. The maximum Gasteiger partial charge on any atom is 0.340 e. The van der Waals surface area contributed by atoms with Crippen LogP contribution in [0.15, 0.2) is 84.9 Å². The van der Waals surface area contributed by atoms with Gasteiger partial charge in [0.2, 0.25) is 10.9 Å². The standard InChI is InChI=1S/C27H27Cl2NO4/c1-19(30-26(31)24(34-27(32)25(28)29)22-10-6-3-7-11-22)12-13-20-14-16-23(17-15-20)33-18-21-8-4-2-5-9-21/h2-11,14-17,19,24-25H,12-13,18H2,1H3,(H,30,31). The molecule has 0 radical (unpaired) electrons. The summed E-state index contributed by atoms with van der Waals surface area (Å²) < 4.78 is 11.1. The molecule has 0 bridgehead atoms. The second-order valence-corrected chi connectivity index (χ2v) is 8.99. The van der Waals surface area contributed by atoms with E-state index in [1.807, 2.05) is 67.6 Å². The molecular weight excluding hydrogens is 473 g/mol. The lowest BCUT2D eigenvalue weighted by atomic mass is 10.0. The van der Waals surface area contributed by atoms with E-state index in [4.69, 9.17) is 32.7 Å². The quantitative estimate of drug-likeness (QED) is 0.267. The second-order valence-electron chi connectivity index (χ2n) is 7.89. The number of ether oxygens (including phenoxy) is 2. The number of halogens is 2. The molecule has 178 valence electrons. The van der Waals surface area contributed by atoms with Gasteiger partial charge in [0.25, 0.3) is 5.91 Å². The van der Waals surface area contributed by atoms with E-state index in [0.717, 1.165) is 23.3 Å². The monoisotopic (exact) mass is 499 g/mol. The zero-order valence-electron chi connectivity index (χ0n) is 18.8. The highest BCUT2D eigenvalue weighted by atomic mass is 35.5. The van der Waals surface area contributed by atoms with E-state index >= 15 is 0 Å². The van der Waals surface area contributed by atoms with Crippen LogP contribution in [-0.4, -0.2) is 22.8 Å². The van der Waals surface area contributed by atoms with Crippen LogP contribution in [0.2, 0.25) is 0 Å². The summed E-state index contributed by atoms with van der Waals surface area (Å²) in [6.07, 6.45) is 0.345. The first kappa shape index (κ1) is 25.6. The minimum absolute atomic E-state index is 0.144. The van der Waals surface area contributed by atoms with Crippen molar-refractivity contribution in [3.63, 3.8) is 0 Å². The maximum atomic E-state index is 12.9. The van der Waals surface area contributed by atoms with Gasteiger partial charge in [-0.25, -0.2) is 4.79 Å². The van der Waals surface area contributed by atoms with Crippen molar-refractivity contribution >= 4 is 35.1 Å². The number of carbonyl (C=O) groups excluding carboxylic acids is 2. The number of aryl methyl sites for hydroxylation is 1. The average Bonchev–Trinajstić information content (AvgIpc) is 2.86. The fraction of sp³-hybridized carbons (Fsp3) is 0.259. The zero-order valence-corrected chi connectivity index (χ0v) is 20.3. The van der Waals surface area contributed by atoms with Crippen molar-refractivity contribution in [1.82, 2.24) is 5.32 Å². The number of esters is 1. The van der Waals surface area contributed by atoms with Gasteiger partial charge in [-0.2, -0.15) is 0 Å². The molecule has 3 aromatic carbocycles. The predicted octanol–water partition coefficient (Wildman–Crippen LogP) is 5.79. The van der Waals surface area contributed by atoms with E-state index in [9.17, 15) is 9.59 Å². The fourth-order valence-electron chi connectivity index (χ4n) is 3.34. The molecule has 0 heterocycles. The predicted molar refractivity (Wildman–Crippen MR) is 134 cm³/mol. The van der Waals surface area contributed by atoms with Crippen LogP contribution in [0.25, 0.3) is 0 Å². The molecule has 34 heavy (non-hydrogen) atoms. The Morgan fingerprint density at radius 1 is 0.853 bits per heavy atom. The van der Waals surface area contributed by atoms with Crippen LogP contribution in [0.3, 0.4) is 0 Å². The Labute approximate surface area is 210 Å². The molecule has 2 unspecified atom stereocenters. The number of hydrogen-bond donors (Lipinski definition) is 1. The molecule has 0 saturated carbocycles. The minimum Gasteiger partial charge on any atom is -0.489 e. The molecule has 0 fully saturated rings. The lowest BCUT2D eigenvalue weighted by molar-refractivity contribution is -0.155. The van der Waals surface area contributed by atoms with Crippen LogP contribution in [0.1, 0.15) is 36.1 Å². The third-order valence-corrected chi connectivity index (χ3v) is 5.54. The zero-order chi connectivity index (χ0) is 24.3. The number of hydrogen-bond acceptors (Lipinski definition) is 4. The molecule has 0 aromatic heterocycles. The first-order valence-electron chi connectivity index (χ1n) is 11.0. The Kier molecular flexibility index (Phi) is 9.80. The Morgan fingerprint density at radius 2 is 1.47 bits per heavy atom. The van der Waals surface area contributed by atoms with Crippen molar-refractivity contribution < 1.29 is 19.1 Å². The SMILES string of the molecule is CC(CCc1ccc(OCc2ccccc2)cc1)NC(=O)C(OC(=O)C(Cl)Cl)c1ccccc1. The maximum absolute atomic E-state index is 12.9. The molecule has 0 aliphatic carbocycles. The number of amides is 1. The minimum atomic E-state index is -1.36. The summed E-state index contributed by atoms with van der Waals surface area (Å²) in [5.74, 6) is -0.487. The number of benzene rings is 3. The van der Waals surface area contributed by atoms with Crippen LogP contribution in [0.5, 0.6) is 5.75 Å². The van der Waals surface area contributed by atoms with Gasteiger partial charge in [0.15, 0.2) is 0 Å². The molecular formula is C27H27Cl2NO4. The summed E-state index contributed by atoms with van der Waals surface area (Å²) in [6.45, 7) is 2.43. The highest BCUT2D eigenvalue weighted by Gasteiger charge is 2.28. The van der Waals surface area contributed by atoms with Gasteiger partial charge in [-0.15, -0.1) is 0 Å². The molecule has 0 saturated heterocycles. The topological polar surface area (TPSA) is 64.6 Å². The Bertz CT molecular complexity index is 1040. The molecule has 3 aromatic rings. The van der Waals surface area contributed by atoms with Gasteiger partial charge in [0, 0.05) is 11.6 Å². The molecule has 7 heteroatoms. The first-order valence-corrected chi connectivity index (χ1v) is 11.9. The van der Waals surface area contributed by atoms with Gasteiger partial charge in [0.05, 0.1) is 0 Å². The molecule has 0 aliphatic rings. The fourth-order valence-corrected chi connectivity index (χ4v) is 3.44. The molecule has 0 aliphatic heterocycles. The van der Waals surface area contributed by atoms with E-state index in [1.165, 1.54) is 0 Å². The highest BCUT2D eigenvalue weighted by molar-refractivity contribution is 6.52. The van der Waals surface area contributed by atoms with E-state index in [0.29, 0.717) is 18.6 Å². The normalized spacial score (nSPS) is 12.6. The third kappa shape index (κ3) is 8.08. The molecule has 0 spiro atoms. The van der Waals surface area contributed by atoms with Gasteiger partial charge in [-0.3, -0.25) is 4.79 Å². The van der Waals surface area contributed by atoms with Crippen molar-refractivity contribution in [2.24, 2.45) is 0 Å². The average molecular weight is 500 g/mol. The number of alkyl halides is 2. The van der Waals surface area contributed by atoms with E-state index in [2.05, 4.69) is 5.32 Å². The molecule has 5 nitrogen and oxygen atoms in total. The Balaban J connectivity index is 1.51. The summed E-state index contributed by atoms with van der Waals surface area (Å²) in [6, 6.07) is 26.5. The summed E-state index contributed by atoms with van der Waals surface area (Å²) in [5.41, 5.74) is 2.79. The van der Waals surface area contributed by atoms with Gasteiger partial charge in [0.1, 0.15) is 12.4 Å². The van der Waals surface area contributed by atoms with Gasteiger partial charge < -0.3 is 14.8 Å². The molecule has 1 N–H and O–H groups in total. The van der Waals surface area contributed by atoms with Crippen molar-refractivity contribution in [3.8, 4) is 5.75 Å². The smallest absolute Gasteiger partial charge is 0.340 e. The van der Waals surface area contributed by atoms with Crippen LogP contribution in [-0.2, 0) is 27.4 Å². The molecule has 2 atom stereocenters. The van der Waals surface area contributed by atoms with E-state index in [1.54, 1.807) is 24.3 Å². The lowest BCUT2D eigenvalue weighted by Crippen LogP contribution is -2.38. The van der Waals surface area contributed by atoms with Crippen molar-refractivity contribution in [2.75, 3.05) is 0 Å². The van der Waals surface area contributed by atoms with Crippen LogP contribution in [0.4, 0.5) is 0 Å². The van der Waals surface area contributed by atoms with Gasteiger partial charge in [-0.1, -0.05) is 96.0 Å². The Hall–Kier alpha value is -3.02. The number of rotatable bonds is 11. The molecule has 3 rings (SSSR count). The number of nitrogens with one attached hydrogen (secondary N) is 1. The highest BCUT2D eigenvalue weighted by Crippen LogP contribution is 2.21. The first-order chi connectivity index (χ1) is 16.4.